The van der Waals surface area contributed by atoms with E-state index in [2.05, 4.69) is 5.32 Å². The van der Waals surface area contributed by atoms with Crippen LogP contribution in [-0.2, 0) is 11.3 Å². The van der Waals surface area contributed by atoms with Crippen molar-refractivity contribution in [1.29, 1.82) is 0 Å². The molecule has 0 bridgehead atoms. The summed E-state index contributed by atoms with van der Waals surface area (Å²) in [5.41, 5.74) is 0.751. The Labute approximate surface area is 118 Å². The molecule has 1 rings (SSSR count). The van der Waals surface area contributed by atoms with Gasteiger partial charge in [-0.1, -0.05) is 0 Å². The molecule has 0 saturated heterocycles. The van der Waals surface area contributed by atoms with E-state index in [0.29, 0.717) is 25.4 Å². The molecule has 0 saturated carbocycles. The average Bonchev–Trinajstić information content (AvgIpc) is 2.79. The predicted octanol–water partition coefficient (Wildman–Crippen LogP) is 1.63. The van der Waals surface area contributed by atoms with Gasteiger partial charge in [-0.2, -0.15) is 0 Å². The molecule has 0 aliphatic rings. The van der Waals surface area contributed by atoms with Gasteiger partial charge in [0.1, 0.15) is 5.76 Å². The van der Waals surface area contributed by atoms with Crippen molar-refractivity contribution in [3.05, 3.63) is 23.2 Å². The third-order valence-corrected chi connectivity index (χ3v) is 3.28. The Hall–Kier alpha value is -1.82. The van der Waals surface area contributed by atoms with Gasteiger partial charge in [0, 0.05) is 25.2 Å². The molecule has 2 N–H and O–H groups in total. The number of hydrogen-bond donors (Lipinski definition) is 2. The number of carboxylic acid groups (broad SMARTS) is 1. The van der Waals surface area contributed by atoms with Crippen molar-refractivity contribution < 1.29 is 19.1 Å². The zero-order valence-electron chi connectivity index (χ0n) is 12.4. The summed E-state index contributed by atoms with van der Waals surface area (Å²) in [4.78, 5) is 24.6. The number of aryl methyl sites for hydroxylation is 1. The van der Waals surface area contributed by atoms with Crippen molar-refractivity contribution >= 4 is 11.9 Å². The third-order valence-electron chi connectivity index (χ3n) is 3.28. The second-order valence-corrected chi connectivity index (χ2v) is 4.61. The summed E-state index contributed by atoms with van der Waals surface area (Å²) in [5.74, 6) is -0.583. The lowest BCUT2D eigenvalue weighted by Crippen LogP contribution is -2.44. The van der Waals surface area contributed by atoms with E-state index >= 15 is 0 Å². The van der Waals surface area contributed by atoms with Crippen LogP contribution >= 0.6 is 0 Å². The number of amides is 1. The van der Waals surface area contributed by atoms with Crippen LogP contribution in [0.25, 0.3) is 0 Å². The highest BCUT2D eigenvalue weighted by Gasteiger charge is 2.19. The fourth-order valence-corrected chi connectivity index (χ4v) is 1.96. The van der Waals surface area contributed by atoms with Crippen molar-refractivity contribution in [3.63, 3.8) is 0 Å². The van der Waals surface area contributed by atoms with E-state index in [1.54, 1.807) is 18.7 Å². The summed E-state index contributed by atoms with van der Waals surface area (Å²) < 4.78 is 5.12. The summed E-state index contributed by atoms with van der Waals surface area (Å²) in [6.07, 6.45) is 0. The Bertz CT molecular complexity index is 478. The fraction of sp³-hybridized carbons (Fsp3) is 0.571. The first-order valence-corrected chi connectivity index (χ1v) is 6.75. The first kappa shape index (κ1) is 16.2. The van der Waals surface area contributed by atoms with Gasteiger partial charge in [0.05, 0.1) is 6.04 Å². The zero-order valence-corrected chi connectivity index (χ0v) is 12.4. The standard InChI is InChI=1S/C14H22N2O4/c1-5-16(6-2)13(17)9(3)15-8-11-7-12(14(18)19)20-10(11)4/h7,9,15H,5-6,8H2,1-4H3,(H,18,19). The first-order chi connectivity index (χ1) is 9.40. The molecule has 1 aromatic rings. The molecule has 6 nitrogen and oxygen atoms in total. The summed E-state index contributed by atoms with van der Waals surface area (Å²) in [6, 6.07) is 1.16. The van der Waals surface area contributed by atoms with Gasteiger partial charge in [0.15, 0.2) is 0 Å². The van der Waals surface area contributed by atoms with Gasteiger partial charge in [-0.05, 0) is 33.8 Å². The lowest BCUT2D eigenvalue weighted by molar-refractivity contribution is -0.132. The number of likely N-dealkylation sites (N-methyl/N-ethyl adjacent to an activating group) is 1. The van der Waals surface area contributed by atoms with E-state index in [1.807, 2.05) is 13.8 Å². The van der Waals surface area contributed by atoms with Crippen LogP contribution in [0.3, 0.4) is 0 Å². The fourth-order valence-electron chi connectivity index (χ4n) is 1.96. The molecule has 0 aliphatic carbocycles. The maximum absolute atomic E-state index is 12.1. The van der Waals surface area contributed by atoms with E-state index in [4.69, 9.17) is 9.52 Å². The number of carbonyl (C=O) groups is 2. The molecule has 0 spiro atoms. The second kappa shape index (κ2) is 7.09. The minimum absolute atomic E-state index is 0.0367. The number of carboxylic acids is 1. The molecular weight excluding hydrogens is 260 g/mol. The molecule has 1 unspecified atom stereocenters. The number of carbonyl (C=O) groups excluding carboxylic acids is 1. The smallest absolute Gasteiger partial charge is 0.371 e. The minimum Gasteiger partial charge on any atom is -0.475 e. The topological polar surface area (TPSA) is 82.8 Å². The molecule has 1 amide bonds. The van der Waals surface area contributed by atoms with Crippen LogP contribution < -0.4 is 5.32 Å². The minimum atomic E-state index is -1.09. The summed E-state index contributed by atoms with van der Waals surface area (Å²) in [7, 11) is 0. The number of nitrogens with zero attached hydrogens (tertiary/aromatic N) is 1. The predicted molar refractivity (Wildman–Crippen MR) is 74.6 cm³/mol. The SMILES string of the molecule is CCN(CC)C(=O)C(C)NCc1cc(C(=O)O)oc1C. The second-order valence-electron chi connectivity index (χ2n) is 4.61. The van der Waals surface area contributed by atoms with Crippen LogP contribution in [0, 0.1) is 6.92 Å². The highest BCUT2D eigenvalue weighted by molar-refractivity contribution is 5.84. The van der Waals surface area contributed by atoms with Gasteiger partial charge in [0.2, 0.25) is 11.7 Å². The van der Waals surface area contributed by atoms with Crippen molar-refractivity contribution in [2.45, 2.75) is 40.3 Å². The number of nitrogens with one attached hydrogen (secondary N) is 1. The monoisotopic (exact) mass is 282 g/mol. The van der Waals surface area contributed by atoms with Crippen LogP contribution in [0.5, 0.6) is 0 Å². The van der Waals surface area contributed by atoms with Gasteiger partial charge in [-0.3, -0.25) is 4.79 Å². The van der Waals surface area contributed by atoms with Gasteiger partial charge in [0.25, 0.3) is 0 Å². The van der Waals surface area contributed by atoms with Crippen LogP contribution in [0.4, 0.5) is 0 Å². The van der Waals surface area contributed by atoms with Crippen molar-refractivity contribution in [3.8, 4) is 0 Å². The Morgan fingerprint density at radius 2 is 2.00 bits per heavy atom. The first-order valence-electron chi connectivity index (χ1n) is 6.75. The molecular formula is C14H22N2O4. The highest BCUT2D eigenvalue weighted by Crippen LogP contribution is 2.14. The van der Waals surface area contributed by atoms with Crippen molar-refractivity contribution in [2.75, 3.05) is 13.1 Å². The summed E-state index contributed by atoms with van der Waals surface area (Å²) in [6.45, 7) is 9.14. The van der Waals surface area contributed by atoms with E-state index in [-0.39, 0.29) is 17.7 Å². The van der Waals surface area contributed by atoms with Gasteiger partial charge < -0.3 is 19.7 Å². The largest absolute Gasteiger partial charge is 0.475 e. The van der Waals surface area contributed by atoms with Crippen molar-refractivity contribution in [1.82, 2.24) is 10.2 Å². The van der Waals surface area contributed by atoms with E-state index < -0.39 is 5.97 Å². The Morgan fingerprint density at radius 1 is 1.40 bits per heavy atom. The zero-order chi connectivity index (χ0) is 15.3. The normalized spacial score (nSPS) is 12.2. The highest BCUT2D eigenvalue weighted by atomic mass is 16.4. The van der Waals surface area contributed by atoms with E-state index in [9.17, 15) is 9.59 Å². The van der Waals surface area contributed by atoms with Gasteiger partial charge in [-0.25, -0.2) is 4.79 Å². The Balaban J connectivity index is 2.63. The summed E-state index contributed by atoms with van der Waals surface area (Å²) in [5, 5.41) is 11.9. The number of aromatic carboxylic acids is 1. The van der Waals surface area contributed by atoms with Gasteiger partial charge >= 0.3 is 5.97 Å². The molecule has 0 radical (unpaired) electrons. The molecule has 1 atom stereocenters. The maximum atomic E-state index is 12.1. The van der Waals surface area contributed by atoms with E-state index in [1.165, 1.54) is 6.07 Å². The maximum Gasteiger partial charge on any atom is 0.371 e. The molecule has 6 heteroatoms. The molecule has 112 valence electrons. The number of furan rings is 1. The Kier molecular flexibility index (Phi) is 5.76. The lowest BCUT2D eigenvalue weighted by atomic mass is 10.2. The van der Waals surface area contributed by atoms with Crippen molar-refractivity contribution in [2.24, 2.45) is 0 Å². The molecule has 1 heterocycles. The molecule has 1 aromatic heterocycles. The van der Waals surface area contributed by atoms with Crippen LogP contribution in [0.1, 0.15) is 42.6 Å². The van der Waals surface area contributed by atoms with Gasteiger partial charge in [-0.15, -0.1) is 0 Å². The summed E-state index contributed by atoms with van der Waals surface area (Å²) >= 11 is 0. The molecule has 0 fully saturated rings. The molecule has 20 heavy (non-hydrogen) atoms. The van der Waals surface area contributed by atoms with E-state index in [0.717, 1.165) is 5.56 Å². The Morgan fingerprint density at radius 3 is 2.45 bits per heavy atom. The quantitative estimate of drug-likeness (QED) is 0.794. The van der Waals surface area contributed by atoms with Crippen LogP contribution in [0.2, 0.25) is 0 Å². The van der Waals surface area contributed by atoms with Crippen LogP contribution in [0.15, 0.2) is 10.5 Å². The lowest BCUT2D eigenvalue weighted by Gasteiger charge is -2.23. The average molecular weight is 282 g/mol. The number of rotatable bonds is 7. The molecule has 0 aliphatic heterocycles. The molecule has 0 aromatic carbocycles. The third kappa shape index (κ3) is 3.84. The van der Waals surface area contributed by atoms with Crippen LogP contribution in [-0.4, -0.2) is 41.0 Å². The number of hydrogen-bond acceptors (Lipinski definition) is 4.